The van der Waals surface area contributed by atoms with Gasteiger partial charge in [0.1, 0.15) is 17.8 Å². The fourth-order valence-electron chi connectivity index (χ4n) is 6.73. The van der Waals surface area contributed by atoms with Gasteiger partial charge in [-0.05, 0) is 62.6 Å². The van der Waals surface area contributed by atoms with E-state index >= 15 is 0 Å². The number of likely N-dealkylation sites (N-methyl/N-ethyl adjacent to an activating group) is 1. The maximum absolute atomic E-state index is 6.46. The molecular weight excluding hydrogens is 569 g/mol. The quantitative estimate of drug-likeness (QED) is 0.242. The van der Waals surface area contributed by atoms with Crippen molar-refractivity contribution in [3.63, 3.8) is 0 Å². The number of hydrogen-bond donors (Lipinski definition) is 2. The minimum Gasteiger partial charge on any atom is -0.383 e. The van der Waals surface area contributed by atoms with E-state index in [0.717, 1.165) is 64.8 Å². The van der Waals surface area contributed by atoms with E-state index in [0.29, 0.717) is 33.9 Å². The van der Waals surface area contributed by atoms with Crippen LogP contribution < -0.4 is 11.1 Å². The number of nitrogens with two attached hydrogens (primary N) is 1. The first-order valence-electron chi connectivity index (χ1n) is 14.6. The summed E-state index contributed by atoms with van der Waals surface area (Å²) in [6.07, 6.45) is 8.52. The summed E-state index contributed by atoms with van der Waals surface area (Å²) in [4.78, 5) is 18.9. The number of fused-ring (bicyclic) bond motifs is 2. The van der Waals surface area contributed by atoms with Crippen LogP contribution in [0.15, 0.2) is 48.9 Å². The van der Waals surface area contributed by atoms with Crippen molar-refractivity contribution >= 4 is 62.7 Å². The van der Waals surface area contributed by atoms with Crippen LogP contribution >= 0.6 is 23.2 Å². The summed E-state index contributed by atoms with van der Waals surface area (Å²) in [5, 5.41) is 5.46. The smallest absolute Gasteiger partial charge is 0.208 e. The highest BCUT2D eigenvalue weighted by atomic mass is 35.5. The van der Waals surface area contributed by atoms with E-state index in [-0.39, 0.29) is 0 Å². The van der Waals surface area contributed by atoms with E-state index in [1.165, 1.54) is 25.9 Å². The Bertz CT molecular complexity index is 1740. The molecule has 4 heterocycles. The molecule has 218 valence electrons. The molecule has 11 heteroatoms. The molecule has 5 aromatic rings. The minimum atomic E-state index is 0.401. The maximum atomic E-state index is 6.46. The third kappa shape index (κ3) is 4.98. The van der Waals surface area contributed by atoms with Gasteiger partial charge >= 0.3 is 0 Å². The Balaban J connectivity index is 1.13. The number of nitrogens with one attached hydrogen (secondary N) is 1. The number of anilines is 3. The number of nitrogen functional groups attached to an aromatic ring is 1. The van der Waals surface area contributed by atoms with E-state index in [2.05, 4.69) is 50.0 Å². The maximum Gasteiger partial charge on any atom is 0.208 e. The second-order valence-corrected chi connectivity index (χ2v) is 12.5. The minimum absolute atomic E-state index is 0.401. The first kappa shape index (κ1) is 27.5. The van der Waals surface area contributed by atoms with Gasteiger partial charge in [-0.2, -0.15) is 0 Å². The van der Waals surface area contributed by atoms with E-state index in [1.807, 2.05) is 29.8 Å². The molecule has 3 aromatic heterocycles. The van der Waals surface area contributed by atoms with Crippen molar-refractivity contribution in [3.05, 3.63) is 59.0 Å². The number of piperazine rings is 1. The first-order chi connectivity index (χ1) is 20.4. The number of aryl methyl sites for hydroxylation is 1. The Hall–Kier alpha value is -3.37. The van der Waals surface area contributed by atoms with Crippen LogP contribution in [0.3, 0.4) is 0 Å². The van der Waals surface area contributed by atoms with Crippen molar-refractivity contribution in [2.24, 2.45) is 7.05 Å². The molecule has 0 spiro atoms. The van der Waals surface area contributed by atoms with E-state index in [4.69, 9.17) is 38.9 Å². The second kappa shape index (κ2) is 11.0. The number of rotatable bonds is 5. The molecule has 2 aliphatic rings. The van der Waals surface area contributed by atoms with Crippen LogP contribution in [0.2, 0.25) is 10.0 Å². The van der Waals surface area contributed by atoms with Crippen LogP contribution in [0.5, 0.6) is 0 Å². The van der Waals surface area contributed by atoms with Crippen molar-refractivity contribution in [1.29, 1.82) is 0 Å². The fourth-order valence-corrected chi connectivity index (χ4v) is 7.34. The fraction of sp³-hybridized carbons (Fsp3) is 0.387. The van der Waals surface area contributed by atoms with Crippen LogP contribution in [0.25, 0.3) is 33.2 Å². The van der Waals surface area contributed by atoms with Crippen molar-refractivity contribution < 1.29 is 0 Å². The lowest BCUT2D eigenvalue weighted by molar-refractivity contribution is 0.0828. The van der Waals surface area contributed by atoms with E-state index in [9.17, 15) is 0 Å². The van der Waals surface area contributed by atoms with Crippen LogP contribution in [0.4, 0.5) is 17.5 Å². The lowest BCUT2D eigenvalue weighted by atomic mass is 9.89. The molecule has 1 saturated heterocycles. The summed E-state index contributed by atoms with van der Waals surface area (Å²) in [5.41, 5.74) is 12.0. The summed E-state index contributed by atoms with van der Waals surface area (Å²) < 4.78 is 4.29. The predicted octanol–water partition coefficient (Wildman–Crippen LogP) is 6.35. The Labute approximate surface area is 255 Å². The Morgan fingerprint density at radius 2 is 1.62 bits per heavy atom. The normalized spacial score (nSPS) is 20.5. The number of halogens is 2. The number of benzene rings is 2. The topological polar surface area (TPSA) is 93.1 Å². The zero-order valence-corrected chi connectivity index (χ0v) is 25.4. The van der Waals surface area contributed by atoms with Gasteiger partial charge in [-0.1, -0.05) is 35.3 Å². The lowest BCUT2D eigenvalue weighted by Crippen LogP contribution is -2.49. The van der Waals surface area contributed by atoms with Crippen molar-refractivity contribution in [2.45, 2.75) is 37.8 Å². The van der Waals surface area contributed by atoms with Crippen LogP contribution in [0, 0.1) is 0 Å². The Morgan fingerprint density at radius 1 is 0.905 bits per heavy atom. The molecule has 1 aliphatic carbocycles. The van der Waals surface area contributed by atoms with Gasteiger partial charge in [0.2, 0.25) is 5.95 Å². The summed E-state index contributed by atoms with van der Waals surface area (Å²) >= 11 is 12.6. The zero-order chi connectivity index (χ0) is 29.0. The molecule has 0 amide bonds. The number of imidazole rings is 1. The average molecular weight is 605 g/mol. The highest BCUT2D eigenvalue weighted by Gasteiger charge is 2.30. The second-order valence-electron chi connectivity index (χ2n) is 11.7. The third-order valence-corrected chi connectivity index (χ3v) is 9.60. The van der Waals surface area contributed by atoms with Gasteiger partial charge in [0, 0.05) is 67.8 Å². The summed E-state index contributed by atoms with van der Waals surface area (Å²) in [6, 6.07) is 12.9. The van der Waals surface area contributed by atoms with Gasteiger partial charge in [-0.25, -0.2) is 15.0 Å². The highest BCUT2D eigenvalue weighted by molar-refractivity contribution is 6.38. The van der Waals surface area contributed by atoms with Gasteiger partial charge in [0.15, 0.2) is 0 Å². The molecule has 0 bridgehead atoms. The number of hydrogen-bond acceptors (Lipinski definition) is 7. The van der Waals surface area contributed by atoms with E-state index < -0.39 is 0 Å². The highest BCUT2D eigenvalue weighted by Crippen LogP contribution is 2.39. The Morgan fingerprint density at radius 3 is 2.36 bits per heavy atom. The average Bonchev–Trinajstić information content (AvgIpc) is 3.52. The number of aromatic nitrogens is 5. The molecule has 1 saturated carbocycles. The van der Waals surface area contributed by atoms with Gasteiger partial charge < -0.3 is 25.1 Å². The van der Waals surface area contributed by atoms with Crippen molar-refractivity contribution in [3.8, 4) is 11.1 Å². The molecule has 2 fully saturated rings. The molecule has 2 aromatic carbocycles. The van der Waals surface area contributed by atoms with Gasteiger partial charge in [0.05, 0.1) is 21.4 Å². The monoisotopic (exact) mass is 603 g/mol. The molecule has 0 unspecified atom stereocenters. The molecule has 1 aliphatic heterocycles. The van der Waals surface area contributed by atoms with E-state index in [1.54, 1.807) is 12.4 Å². The molecule has 9 nitrogen and oxygen atoms in total. The molecule has 7 rings (SSSR count). The molecule has 0 radical (unpaired) electrons. The lowest BCUT2D eigenvalue weighted by Gasteiger charge is -2.41. The van der Waals surface area contributed by atoms with Gasteiger partial charge in [-0.15, -0.1) is 0 Å². The standard InChI is InChI=1S/C31H35Cl2N9/c1-39-11-13-41(14-12-39)22-7-9-23(10-8-22)42-17-24(27-29(34)35-18-36-30(27)42)19-3-5-21(6-4-19)37-31-38-26-16-20(32)15-25(33)28(26)40(31)2/h3-6,15-18,22-23H,7-14H2,1-2H3,(H,37,38)(H2,34,35,36). The van der Waals surface area contributed by atoms with Crippen LogP contribution in [-0.4, -0.2) is 73.2 Å². The largest absolute Gasteiger partial charge is 0.383 e. The molecule has 0 atom stereocenters. The predicted molar refractivity (Wildman–Crippen MR) is 172 cm³/mol. The summed E-state index contributed by atoms with van der Waals surface area (Å²) in [5.74, 6) is 1.20. The van der Waals surface area contributed by atoms with Crippen molar-refractivity contribution in [1.82, 2.24) is 33.9 Å². The molecule has 3 N–H and O–H groups in total. The summed E-state index contributed by atoms with van der Waals surface area (Å²) in [7, 11) is 4.15. The van der Waals surface area contributed by atoms with Crippen LogP contribution in [-0.2, 0) is 7.05 Å². The van der Waals surface area contributed by atoms with Crippen molar-refractivity contribution in [2.75, 3.05) is 44.3 Å². The SMILES string of the molecule is CN1CCN(C2CCC(n3cc(-c4ccc(Nc5nc6cc(Cl)cc(Cl)c6n5C)cc4)c4c(N)ncnc43)CC2)CC1. The molecule has 42 heavy (non-hydrogen) atoms. The van der Waals surface area contributed by atoms with Crippen LogP contribution in [0.1, 0.15) is 31.7 Å². The number of nitrogens with zero attached hydrogens (tertiary/aromatic N) is 7. The molecular formula is C31H35Cl2N9. The van der Waals surface area contributed by atoms with Gasteiger partial charge in [-0.3, -0.25) is 4.90 Å². The third-order valence-electron chi connectivity index (χ3n) is 9.09. The Kier molecular flexibility index (Phi) is 7.22. The summed E-state index contributed by atoms with van der Waals surface area (Å²) in [6.45, 7) is 4.68. The first-order valence-corrected chi connectivity index (χ1v) is 15.3. The van der Waals surface area contributed by atoms with Gasteiger partial charge in [0.25, 0.3) is 0 Å². The zero-order valence-electron chi connectivity index (χ0n) is 23.9.